The Morgan fingerprint density at radius 2 is 1.94 bits per heavy atom. The van der Waals surface area contributed by atoms with Crippen molar-refractivity contribution in [3.63, 3.8) is 0 Å². The average Bonchev–Trinajstić information content (AvgIpc) is 3.14. The Morgan fingerprint density at radius 3 is 2.59 bits per heavy atom. The van der Waals surface area contributed by atoms with Gasteiger partial charge in [-0.1, -0.05) is 24.3 Å². The van der Waals surface area contributed by atoms with Gasteiger partial charge >= 0.3 is 6.09 Å². The summed E-state index contributed by atoms with van der Waals surface area (Å²) in [6, 6.07) is 6.64. The van der Waals surface area contributed by atoms with Crippen LogP contribution in [0.5, 0.6) is 0 Å². The van der Waals surface area contributed by atoms with Crippen molar-refractivity contribution in [2.24, 2.45) is 4.99 Å². The van der Waals surface area contributed by atoms with Gasteiger partial charge in [0.1, 0.15) is 0 Å². The lowest BCUT2D eigenvalue weighted by Crippen LogP contribution is -2.52. The molecule has 2 N–H and O–H groups in total. The van der Waals surface area contributed by atoms with Crippen molar-refractivity contribution >= 4 is 59.8 Å². The van der Waals surface area contributed by atoms with Gasteiger partial charge in [0.15, 0.2) is 11.0 Å². The average molecular weight is 534 g/mol. The second-order valence-electron chi connectivity index (χ2n) is 8.43. The van der Waals surface area contributed by atoms with E-state index >= 15 is 4.39 Å². The molecule has 1 aromatic rings. The maximum Gasteiger partial charge on any atom is 0.407 e. The molecule has 8 nitrogen and oxygen atoms in total. The number of nitrogens with one attached hydrogen (secondary N) is 1. The highest BCUT2D eigenvalue weighted by Crippen LogP contribution is 2.42. The van der Waals surface area contributed by atoms with Crippen LogP contribution in [0.2, 0.25) is 0 Å². The largest absolute Gasteiger partial charge is 0.465 e. The summed E-state index contributed by atoms with van der Waals surface area (Å²) in [5, 5.41) is 13.7. The summed E-state index contributed by atoms with van der Waals surface area (Å²) >= 11 is 1.33. The number of rotatable bonds is 3. The molecule has 188 valence electrons. The molecule has 3 heterocycles. The van der Waals surface area contributed by atoms with Crippen LogP contribution in [0, 0.1) is 0 Å². The van der Waals surface area contributed by atoms with Crippen LogP contribution in [-0.4, -0.2) is 89.6 Å². The second kappa shape index (κ2) is 11.7. The summed E-state index contributed by atoms with van der Waals surface area (Å²) in [6.07, 6.45) is 0.817. The van der Waals surface area contributed by atoms with Crippen LogP contribution >= 0.6 is 36.6 Å². The molecule has 2 unspecified atom stereocenters. The van der Waals surface area contributed by atoms with Gasteiger partial charge in [0.2, 0.25) is 0 Å². The number of likely N-dealkylation sites (tertiary alicyclic amines) is 1. The predicted molar refractivity (Wildman–Crippen MR) is 138 cm³/mol. The third-order valence-electron chi connectivity index (χ3n) is 6.30. The lowest BCUT2D eigenvalue weighted by atomic mass is 9.87. The molecule has 3 aliphatic heterocycles. The number of carboxylic acid groups (broad SMARTS) is 1. The molecule has 0 aliphatic carbocycles. The monoisotopic (exact) mass is 533 g/mol. The minimum Gasteiger partial charge on any atom is -0.465 e. The molecule has 2 amide bonds. The minimum absolute atomic E-state index is 0. The molecule has 0 spiro atoms. The Bertz CT molecular complexity index is 974. The summed E-state index contributed by atoms with van der Waals surface area (Å²) < 4.78 is 15.5. The van der Waals surface area contributed by atoms with E-state index in [4.69, 9.17) is 0 Å². The van der Waals surface area contributed by atoms with Gasteiger partial charge in [0.25, 0.3) is 5.91 Å². The molecule has 0 aromatic heterocycles. The molecule has 34 heavy (non-hydrogen) atoms. The number of carbonyl (C=O) groups excluding carboxylic acids is 1. The summed E-state index contributed by atoms with van der Waals surface area (Å²) in [4.78, 5) is 34.1. The molecule has 2 saturated heterocycles. The fourth-order valence-corrected chi connectivity index (χ4v) is 5.30. The van der Waals surface area contributed by atoms with E-state index in [1.807, 2.05) is 24.3 Å². The molecule has 4 rings (SSSR count). The smallest absolute Gasteiger partial charge is 0.407 e. The van der Waals surface area contributed by atoms with Gasteiger partial charge in [-0.15, -0.1) is 24.8 Å². The highest BCUT2D eigenvalue weighted by atomic mass is 35.5. The number of piperidine rings is 1. The van der Waals surface area contributed by atoms with Gasteiger partial charge in [-0.3, -0.25) is 9.69 Å². The molecule has 2 atom stereocenters. The van der Waals surface area contributed by atoms with Crippen LogP contribution in [0.4, 0.5) is 9.18 Å². The third-order valence-corrected chi connectivity index (χ3v) is 7.35. The maximum absolute atomic E-state index is 15.5. The van der Waals surface area contributed by atoms with E-state index in [0.717, 1.165) is 26.2 Å². The summed E-state index contributed by atoms with van der Waals surface area (Å²) in [6.45, 7) is 3.38. The van der Waals surface area contributed by atoms with Crippen molar-refractivity contribution in [2.75, 3.05) is 46.8 Å². The zero-order chi connectivity index (χ0) is 22.9. The Hall–Kier alpha value is -1.85. The first-order valence-electron chi connectivity index (χ1n) is 10.7. The molecular formula is C22H30Cl2FN5O3S. The van der Waals surface area contributed by atoms with E-state index in [2.05, 4.69) is 15.2 Å². The number of hydrogen-bond donors (Lipinski definition) is 2. The van der Waals surface area contributed by atoms with E-state index < -0.39 is 17.9 Å². The zero-order valence-corrected chi connectivity index (χ0v) is 21.5. The van der Waals surface area contributed by atoms with Gasteiger partial charge < -0.3 is 20.2 Å². The number of carbonyl (C=O) groups is 2. The lowest BCUT2D eigenvalue weighted by molar-refractivity contribution is -0.113. The van der Waals surface area contributed by atoms with Gasteiger partial charge in [-0.2, -0.15) is 4.99 Å². The van der Waals surface area contributed by atoms with Crippen LogP contribution in [0.3, 0.4) is 0 Å². The number of hydrogen-bond acceptors (Lipinski definition) is 6. The van der Waals surface area contributed by atoms with E-state index in [-0.39, 0.29) is 50.1 Å². The molecule has 2 fully saturated rings. The number of benzene rings is 1. The van der Waals surface area contributed by atoms with Crippen molar-refractivity contribution < 1.29 is 19.1 Å². The van der Waals surface area contributed by atoms with Crippen LogP contribution in [0.1, 0.15) is 30.0 Å². The Labute approximate surface area is 215 Å². The molecule has 1 aromatic carbocycles. The quantitative estimate of drug-likeness (QED) is 0.454. The first-order chi connectivity index (χ1) is 15.3. The normalized spacial score (nSPS) is 26.2. The first-order valence-corrected chi connectivity index (χ1v) is 11.5. The minimum atomic E-state index is -1.60. The number of amidine groups is 1. The van der Waals surface area contributed by atoms with E-state index in [9.17, 15) is 14.7 Å². The SMILES string of the molecule is CN(C)C1(F)CCN(C(=O)O)C(c2ccccc2C=C2SC(N3CCNCC3)=NC2=O)C1.Cl.Cl. The molecule has 0 bridgehead atoms. The van der Waals surface area contributed by atoms with Crippen LogP contribution in [0.15, 0.2) is 34.2 Å². The fraction of sp³-hybridized carbons (Fsp3) is 0.500. The van der Waals surface area contributed by atoms with Gasteiger partial charge in [-0.05, 0) is 43.1 Å². The number of amides is 2. The summed E-state index contributed by atoms with van der Waals surface area (Å²) in [7, 11) is 3.34. The Kier molecular flexibility index (Phi) is 9.79. The topological polar surface area (TPSA) is 88.5 Å². The van der Waals surface area contributed by atoms with E-state index in [0.29, 0.717) is 21.2 Å². The molecule has 3 aliphatic rings. The van der Waals surface area contributed by atoms with E-state index in [1.54, 1.807) is 20.2 Å². The van der Waals surface area contributed by atoms with E-state index in [1.165, 1.54) is 21.6 Å². The Balaban J connectivity index is 0.00000204. The molecule has 12 heteroatoms. The van der Waals surface area contributed by atoms with Crippen molar-refractivity contribution in [1.82, 2.24) is 20.0 Å². The van der Waals surface area contributed by atoms with Crippen molar-refractivity contribution in [3.05, 3.63) is 40.3 Å². The lowest BCUT2D eigenvalue weighted by Gasteiger charge is -2.44. The van der Waals surface area contributed by atoms with Crippen molar-refractivity contribution in [3.8, 4) is 0 Å². The van der Waals surface area contributed by atoms with Crippen molar-refractivity contribution in [1.29, 1.82) is 0 Å². The number of aliphatic imine (C=N–C) groups is 1. The second-order valence-corrected chi connectivity index (χ2v) is 9.44. The summed E-state index contributed by atoms with van der Waals surface area (Å²) in [5.74, 6) is -1.90. The highest BCUT2D eigenvalue weighted by Gasteiger charge is 2.44. The van der Waals surface area contributed by atoms with Crippen molar-refractivity contribution in [2.45, 2.75) is 24.7 Å². The maximum atomic E-state index is 15.5. The molecule has 0 saturated carbocycles. The fourth-order valence-electron chi connectivity index (χ4n) is 4.35. The number of thioether (sulfide) groups is 1. The number of alkyl halides is 1. The molecule has 0 radical (unpaired) electrons. The van der Waals surface area contributed by atoms with Gasteiger partial charge in [-0.25, -0.2) is 9.18 Å². The number of piperazine rings is 1. The third kappa shape index (κ3) is 5.85. The predicted octanol–water partition coefficient (Wildman–Crippen LogP) is 3.45. The Morgan fingerprint density at radius 1 is 1.26 bits per heavy atom. The van der Waals surface area contributed by atoms with Crippen LogP contribution < -0.4 is 5.32 Å². The van der Waals surface area contributed by atoms with Gasteiger partial charge in [0, 0.05) is 45.6 Å². The molecular weight excluding hydrogens is 504 g/mol. The number of nitrogens with zero attached hydrogens (tertiary/aromatic N) is 4. The van der Waals surface area contributed by atoms with Crippen LogP contribution in [0.25, 0.3) is 6.08 Å². The summed E-state index contributed by atoms with van der Waals surface area (Å²) in [5.41, 5.74) is 1.40. The standard InChI is InChI=1S/C22H28FN5O3S.2ClH/c1-26(2)22(23)7-10-28(21(30)31)17(14-22)16-6-4-3-5-15(16)13-18-19(29)25-20(32-18)27-11-8-24-9-12-27;;/h3-6,13,17,24H,7-12,14H2,1-2H3,(H,30,31);2*1H. The first kappa shape index (κ1) is 28.4. The highest BCUT2D eigenvalue weighted by molar-refractivity contribution is 8.18. The van der Waals surface area contributed by atoms with Gasteiger partial charge in [0.05, 0.1) is 10.9 Å². The zero-order valence-electron chi connectivity index (χ0n) is 19.1. The number of halogens is 3. The van der Waals surface area contributed by atoms with Crippen LogP contribution in [-0.2, 0) is 4.79 Å².